The Morgan fingerprint density at radius 2 is 0.788 bits per heavy atom. The molecular formula is C64H48N2. The van der Waals surface area contributed by atoms with Crippen LogP contribution in [0.15, 0.2) is 237 Å². The first-order chi connectivity index (χ1) is 32.4. The van der Waals surface area contributed by atoms with Crippen LogP contribution >= 0.6 is 0 Å². The summed E-state index contributed by atoms with van der Waals surface area (Å²) >= 11 is 0. The van der Waals surface area contributed by atoms with Gasteiger partial charge in [-0.25, -0.2) is 0 Å². The Morgan fingerprint density at radius 1 is 0.318 bits per heavy atom. The zero-order valence-corrected chi connectivity index (χ0v) is 37.4. The van der Waals surface area contributed by atoms with Crippen molar-refractivity contribution in [2.45, 2.75) is 26.2 Å². The lowest BCUT2D eigenvalue weighted by atomic mass is 9.86. The molecule has 0 fully saturated rings. The molecule has 1 heterocycles. The Balaban J connectivity index is 1.01. The lowest BCUT2D eigenvalue weighted by Crippen LogP contribution is -2.11. The first-order valence-electron chi connectivity index (χ1n) is 23.0. The van der Waals surface area contributed by atoms with Crippen molar-refractivity contribution in [3.63, 3.8) is 0 Å². The smallest absolute Gasteiger partial charge is 0.0542 e. The fraction of sp³-hybridized carbons (Fsp3) is 0.0625. The fourth-order valence-electron chi connectivity index (χ4n) is 10.2. The van der Waals surface area contributed by atoms with Crippen molar-refractivity contribution in [2.75, 3.05) is 4.90 Å². The van der Waals surface area contributed by atoms with Crippen molar-refractivity contribution in [2.24, 2.45) is 0 Å². The van der Waals surface area contributed by atoms with E-state index in [1.807, 2.05) is 0 Å². The summed E-state index contributed by atoms with van der Waals surface area (Å²) in [7, 11) is 0. The Morgan fingerprint density at radius 3 is 1.39 bits per heavy atom. The molecule has 12 aromatic rings. The maximum atomic E-state index is 2.41. The number of benzene rings is 11. The van der Waals surface area contributed by atoms with Gasteiger partial charge >= 0.3 is 0 Å². The lowest BCUT2D eigenvalue weighted by Gasteiger charge is -2.26. The van der Waals surface area contributed by atoms with Crippen LogP contribution in [0, 0.1) is 0 Å². The molecule has 0 amide bonds. The number of nitrogens with zero attached hydrogens (tertiary/aromatic N) is 2. The Bertz CT molecular complexity index is 3700. The molecular weight excluding hydrogens is 797 g/mol. The molecule has 11 aromatic carbocycles. The van der Waals surface area contributed by atoms with Crippen molar-refractivity contribution in [1.29, 1.82) is 0 Å². The molecule has 66 heavy (non-hydrogen) atoms. The summed E-state index contributed by atoms with van der Waals surface area (Å²) in [5, 5.41) is 9.95. The van der Waals surface area contributed by atoms with Crippen molar-refractivity contribution in [3.8, 4) is 39.1 Å². The van der Waals surface area contributed by atoms with Crippen molar-refractivity contribution in [3.05, 3.63) is 242 Å². The highest BCUT2D eigenvalue weighted by Gasteiger charge is 2.21. The number of hydrogen-bond donors (Lipinski definition) is 0. The van der Waals surface area contributed by atoms with Crippen LogP contribution in [0.1, 0.15) is 26.3 Å². The van der Waals surface area contributed by atoms with Gasteiger partial charge in [0.1, 0.15) is 0 Å². The van der Waals surface area contributed by atoms with Gasteiger partial charge in [0.2, 0.25) is 0 Å². The zero-order chi connectivity index (χ0) is 44.4. The van der Waals surface area contributed by atoms with E-state index in [2.05, 4.69) is 267 Å². The SMILES string of the molecule is CC(C)(C)c1ccc(-n2c3ccccc3c3cc(N(c4ccc(-c5ccc6ccccc6c5)cc4)c4ccc(-c5c6ccccc6c(-c6ccccc6)c6ccccc56)cc4)ccc32)cc1. The third-order valence-corrected chi connectivity index (χ3v) is 13.5. The van der Waals surface area contributed by atoms with E-state index in [1.165, 1.54) is 93.1 Å². The molecule has 2 heteroatoms. The second-order valence-electron chi connectivity index (χ2n) is 18.5. The van der Waals surface area contributed by atoms with Crippen LogP contribution < -0.4 is 4.90 Å². The standard InChI is InChI=1S/C64H48N2/c1-64(2,3)49-31-37-52(38-32-49)66-60-24-14-13-19-54(60)59-42-53(39-40-61(59)66)65(50-33-27-44(28-34-50)48-26-25-43-15-7-8-18-47(43)41-48)51-35-29-46(30-36-51)63-57-22-11-9-20-55(57)62(45-16-5-4-6-17-45)56-21-10-12-23-58(56)63/h4-42H,1-3H3. The normalized spacial score (nSPS) is 11.9. The van der Waals surface area contributed by atoms with Gasteiger partial charge < -0.3 is 9.47 Å². The number of anilines is 3. The molecule has 0 N–H and O–H groups in total. The van der Waals surface area contributed by atoms with Crippen LogP contribution in [0.4, 0.5) is 17.1 Å². The van der Waals surface area contributed by atoms with Crippen molar-refractivity contribution < 1.29 is 0 Å². The largest absolute Gasteiger partial charge is 0.310 e. The summed E-state index contributed by atoms with van der Waals surface area (Å²) in [5.41, 5.74) is 15.6. The van der Waals surface area contributed by atoms with Crippen LogP contribution in [0.5, 0.6) is 0 Å². The molecule has 2 nitrogen and oxygen atoms in total. The summed E-state index contributed by atoms with van der Waals surface area (Å²) in [4.78, 5) is 2.41. The van der Waals surface area contributed by atoms with Gasteiger partial charge in [0, 0.05) is 33.5 Å². The molecule has 0 radical (unpaired) electrons. The minimum absolute atomic E-state index is 0.0815. The molecule has 0 aliphatic rings. The molecule has 0 saturated carbocycles. The van der Waals surface area contributed by atoms with E-state index in [0.717, 1.165) is 22.7 Å². The van der Waals surface area contributed by atoms with Crippen LogP contribution in [0.3, 0.4) is 0 Å². The molecule has 12 rings (SSSR count). The average molecular weight is 845 g/mol. The van der Waals surface area contributed by atoms with E-state index in [1.54, 1.807) is 0 Å². The highest BCUT2D eigenvalue weighted by atomic mass is 15.1. The summed E-state index contributed by atoms with van der Waals surface area (Å²) in [6.07, 6.45) is 0. The van der Waals surface area contributed by atoms with E-state index in [9.17, 15) is 0 Å². The molecule has 0 aliphatic carbocycles. The Labute approximate surface area is 386 Å². The second kappa shape index (κ2) is 15.8. The van der Waals surface area contributed by atoms with E-state index in [4.69, 9.17) is 0 Å². The fourth-order valence-corrected chi connectivity index (χ4v) is 10.2. The summed E-state index contributed by atoms with van der Waals surface area (Å²) in [6, 6.07) is 87.1. The summed E-state index contributed by atoms with van der Waals surface area (Å²) in [6.45, 7) is 6.81. The highest BCUT2D eigenvalue weighted by Crippen LogP contribution is 2.45. The van der Waals surface area contributed by atoms with Crippen molar-refractivity contribution in [1.82, 2.24) is 4.57 Å². The van der Waals surface area contributed by atoms with Crippen molar-refractivity contribution >= 4 is 71.2 Å². The predicted molar refractivity (Wildman–Crippen MR) is 283 cm³/mol. The van der Waals surface area contributed by atoms with Crippen LogP contribution in [-0.2, 0) is 5.41 Å². The number of hydrogen-bond acceptors (Lipinski definition) is 1. The van der Waals surface area contributed by atoms with E-state index in [0.29, 0.717) is 0 Å². The third kappa shape index (κ3) is 6.73. The van der Waals surface area contributed by atoms with Crippen LogP contribution in [0.25, 0.3) is 93.2 Å². The van der Waals surface area contributed by atoms with Gasteiger partial charge in [0.25, 0.3) is 0 Å². The minimum Gasteiger partial charge on any atom is -0.310 e. The zero-order valence-electron chi connectivity index (χ0n) is 37.4. The van der Waals surface area contributed by atoms with E-state index >= 15 is 0 Å². The number of fused-ring (bicyclic) bond motifs is 6. The van der Waals surface area contributed by atoms with Gasteiger partial charge in [0.15, 0.2) is 0 Å². The summed E-state index contributed by atoms with van der Waals surface area (Å²) in [5.74, 6) is 0. The minimum atomic E-state index is 0.0815. The van der Waals surface area contributed by atoms with Gasteiger partial charge in [-0.3, -0.25) is 0 Å². The molecule has 314 valence electrons. The number of rotatable bonds is 7. The molecule has 1 aromatic heterocycles. The van der Waals surface area contributed by atoms with Gasteiger partial charge in [-0.15, -0.1) is 0 Å². The van der Waals surface area contributed by atoms with E-state index < -0.39 is 0 Å². The van der Waals surface area contributed by atoms with Crippen LogP contribution in [0.2, 0.25) is 0 Å². The monoisotopic (exact) mass is 844 g/mol. The van der Waals surface area contributed by atoms with Gasteiger partial charge in [-0.1, -0.05) is 191 Å². The first-order valence-corrected chi connectivity index (χ1v) is 23.0. The first kappa shape index (κ1) is 39.4. The molecule has 0 aliphatic heterocycles. The maximum Gasteiger partial charge on any atom is 0.0542 e. The van der Waals surface area contributed by atoms with Crippen LogP contribution in [-0.4, -0.2) is 4.57 Å². The molecule has 0 atom stereocenters. The predicted octanol–water partition coefficient (Wildman–Crippen LogP) is 18.0. The molecule has 0 unspecified atom stereocenters. The summed E-state index contributed by atoms with van der Waals surface area (Å²) < 4.78 is 2.41. The third-order valence-electron chi connectivity index (χ3n) is 13.5. The average Bonchev–Trinajstić information content (AvgIpc) is 3.70. The Hall–Kier alpha value is -8.20. The van der Waals surface area contributed by atoms with E-state index in [-0.39, 0.29) is 5.41 Å². The van der Waals surface area contributed by atoms with Gasteiger partial charge in [-0.05, 0) is 143 Å². The van der Waals surface area contributed by atoms with Gasteiger partial charge in [-0.2, -0.15) is 0 Å². The lowest BCUT2D eigenvalue weighted by molar-refractivity contribution is 0.590. The topological polar surface area (TPSA) is 8.17 Å². The number of para-hydroxylation sites is 1. The molecule has 0 spiro atoms. The van der Waals surface area contributed by atoms with Gasteiger partial charge in [0.05, 0.1) is 11.0 Å². The quantitative estimate of drug-likeness (QED) is 0.145. The molecule has 0 saturated heterocycles. The highest BCUT2D eigenvalue weighted by molar-refractivity contribution is 6.21. The Kier molecular flexibility index (Phi) is 9.43. The number of aromatic nitrogens is 1. The maximum absolute atomic E-state index is 2.41. The second-order valence-corrected chi connectivity index (χ2v) is 18.5. The molecule has 0 bridgehead atoms.